The van der Waals surface area contributed by atoms with Crippen LogP contribution in [0.4, 0.5) is 10.7 Å². The number of nitrogen functional groups attached to an aromatic ring is 1. The zero-order valence-corrected chi connectivity index (χ0v) is 24.6. The molecule has 1 aliphatic carbocycles. The number of nitriles is 1. The number of carbonyl (C=O) groups excluding carboxylic acids is 1. The third-order valence-electron chi connectivity index (χ3n) is 6.17. The Morgan fingerprint density at radius 2 is 1.92 bits per heavy atom. The standard InChI is InChI=1S/C24H32Cl2N6O2.C2H6.C2H2/c1-4-17(25)19(21(26)34-11-6-5-10-24(2,3)14-27)20-16-12-32(13-18(16)30-22(28)31-20)23(33)29-15-8-7-9-15;2*1-2/h4,15H,5-13H2,1-3H3,(H,29,33)(H2,28,30,31);1-2H3;1-2H/b17-4+,21-19-;;. The van der Waals surface area contributed by atoms with Crippen LogP contribution in [0.1, 0.15) is 90.1 Å². The summed E-state index contributed by atoms with van der Waals surface area (Å²) in [5.41, 5.74) is 7.96. The third-order valence-corrected chi connectivity index (χ3v) is 6.88. The van der Waals surface area contributed by atoms with E-state index in [2.05, 4.69) is 34.2 Å². The van der Waals surface area contributed by atoms with Gasteiger partial charge in [-0.3, -0.25) is 0 Å². The third kappa shape index (κ3) is 9.11. The highest BCUT2D eigenvalue weighted by atomic mass is 35.5. The molecule has 38 heavy (non-hydrogen) atoms. The zero-order valence-electron chi connectivity index (χ0n) is 23.1. The van der Waals surface area contributed by atoms with Crippen LogP contribution in [-0.2, 0) is 17.8 Å². The zero-order chi connectivity index (χ0) is 28.9. The summed E-state index contributed by atoms with van der Waals surface area (Å²) < 4.78 is 5.82. The molecule has 3 rings (SSSR count). The molecule has 1 fully saturated rings. The summed E-state index contributed by atoms with van der Waals surface area (Å²) in [7, 11) is 0. The molecular formula is C28H40Cl2N6O2. The number of nitrogens with one attached hydrogen (secondary N) is 1. The number of fused-ring (bicyclic) bond motifs is 1. The van der Waals surface area contributed by atoms with Crippen LogP contribution in [0.3, 0.4) is 0 Å². The number of amides is 2. The molecule has 1 aromatic rings. The SMILES string of the molecule is C#C.C/C=C(Cl)\C(=C(/Cl)OCCCCC(C)(C)C#N)c1nc(N)nc2c1CN(C(=O)NC1CCC1)C2.CC. The second-order valence-corrected chi connectivity index (χ2v) is 10.1. The first-order chi connectivity index (χ1) is 18.1. The van der Waals surface area contributed by atoms with Crippen molar-refractivity contribution in [3.05, 3.63) is 33.3 Å². The number of halogens is 2. The highest BCUT2D eigenvalue weighted by molar-refractivity contribution is 6.41. The topological polar surface area (TPSA) is 117 Å². The number of nitrogens with zero attached hydrogens (tertiary/aromatic N) is 4. The van der Waals surface area contributed by atoms with E-state index in [-0.39, 0.29) is 28.7 Å². The van der Waals surface area contributed by atoms with Crippen molar-refractivity contribution >= 4 is 40.8 Å². The van der Waals surface area contributed by atoms with E-state index in [4.69, 9.17) is 38.9 Å². The highest BCUT2D eigenvalue weighted by Crippen LogP contribution is 2.37. The van der Waals surface area contributed by atoms with Crippen molar-refractivity contribution in [1.82, 2.24) is 20.2 Å². The van der Waals surface area contributed by atoms with Gasteiger partial charge in [-0.1, -0.05) is 31.5 Å². The minimum Gasteiger partial charge on any atom is -0.482 e. The van der Waals surface area contributed by atoms with Crippen molar-refractivity contribution in [1.29, 1.82) is 5.26 Å². The van der Waals surface area contributed by atoms with Crippen molar-refractivity contribution in [3.63, 3.8) is 0 Å². The van der Waals surface area contributed by atoms with Gasteiger partial charge in [-0.15, -0.1) is 12.8 Å². The molecule has 10 heteroatoms. The number of carbonyl (C=O) groups is 1. The number of ether oxygens (including phenoxy) is 1. The van der Waals surface area contributed by atoms with Gasteiger partial charge in [0.05, 0.1) is 53.2 Å². The van der Waals surface area contributed by atoms with Crippen LogP contribution >= 0.6 is 23.2 Å². The van der Waals surface area contributed by atoms with E-state index in [1.165, 1.54) is 0 Å². The van der Waals surface area contributed by atoms with E-state index in [1.54, 1.807) is 17.9 Å². The van der Waals surface area contributed by atoms with Gasteiger partial charge in [0.25, 0.3) is 0 Å². The maximum Gasteiger partial charge on any atom is 0.318 e. The number of allylic oxidation sites excluding steroid dienone is 3. The summed E-state index contributed by atoms with van der Waals surface area (Å²) >= 11 is 13.1. The second kappa shape index (κ2) is 16.1. The lowest BCUT2D eigenvalue weighted by molar-refractivity contribution is 0.186. The van der Waals surface area contributed by atoms with Gasteiger partial charge < -0.3 is 20.7 Å². The fourth-order valence-electron chi connectivity index (χ4n) is 3.85. The number of terminal acetylenes is 1. The number of rotatable bonds is 9. The summed E-state index contributed by atoms with van der Waals surface area (Å²) in [5, 5.41) is 12.7. The Balaban J connectivity index is 0.00000172. The van der Waals surface area contributed by atoms with Crippen LogP contribution in [0.25, 0.3) is 5.57 Å². The van der Waals surface area contributed by atoms with Crippen LogP contribution in [0.5, 0.6) is 0 Å². The smallest absolute Gasteiger partial charge is 0.318 e. The van der Waals surface area contributed by atoms with Crippen LogP contribution in [0, 0.1) is 29.6 Å². The van der Waals surface area contributed by atoms with Crippen molar-refractivity contribution in [3.8, 4) is 18.9 Å². The van der Waals surface area contributed by atoms with E-state index in [1.807, 2.05) is 27.7 Å². The molecule has 0 unspecified atom stereocenters. The number of aromatic nitrogens is 2. The molecule has 2 amide bonds. The summed E-state index contributed by atoms with van der Waals surface area (Å²) in [6.45, 7) is 10.7. The van der Waals surface area contributed by atoms with Crippen LogP contribution in [0.2, 0.25) is 0 Å². The number of unbranched alkanes of at least 4 members (excludes halogenated alkanes) is 1. The van der Waals surface area contributed by atoms with Crippen molar-refractivity contribution in [2.24, 2.45) is 5.41 Å². The first kappa shape index (κ1) is 33.1. The molecule has 0 saturated heterocycles. The monoisotopic (exact) mass is 562 g/mol. The average Bonchev–Trinajstić information content (AvgIpc) is 3.32. The molecule has 1 aromatic heterocycles. The quantitative estimate of drug-likeness (QED) is 0.149. The van der Waals surface area contributed by atoms with Gasteiger partial charge in [0.1, 0.15) is 0 Å². The number of hydrogen-bond acceptors (Lipinski definition) is 6. The summed E-state index contributed by atoms with van der Waals surface area (Å²) in [6, 6.07) is 2.41. The lowest BCUT2D eigenvalue weighted by atomic mass is 9.89. The molecule has 2 heterocycles. The molecule has 0 aromatic carbocycles. The van der Waals surface area contributed by atoms with Crippen molar-refractivity contribution in [2.45, 2.75) is 92.3 Å². The van der Waals surface area contributed by atoms with Crippen molar-refractivity contribution in [2.75, 3.05) is 12.3 Å². The van der Waals surface area contributed by atoms with Gasteiger partial charge in [-0.25, -0.2) is 14.8 Å². The molecule has 0 bridgehead atoms. The maximum atomic E-state index is 12.7. The van der Waals surface area contributed by atoms with E-state index in [0.717, 1.165) is 44.1 Å². The molecule has 0 radical (unpaired) electrons. The first-order valence-corrected chi connectivity index (χ1v) is 13.7. The molecule has 208 valence electrons. The average molecular weight is 564 g/mol. The molecular weight excluding hydrogens is 523 g/mol. The second-order valence-electron chi connectivity index (χ2n) is 9.38. The van der Waals surface area contributed by atoms with E-state index in [0.29, 0.717) is 41.7 Å². The minimum atomic E-state index is -0.366. The molecule has 0 atom stereocenters. The fourth-order valence-corrected chi connectivity index (χ4v) is 4.34. The predicted octanol–water partition coefficient (Wildman–Crippen LogP) is 6.70. The number of hydrogen-bond donors (Lipinski definition) is 2. The minimum absolute atomic E-state index is 0.0799. The number of urea groups is 1. The van der Waals surface area contributed by atoms with Gasteiger partial charge in [-0.2, -0.15) is 5.26 Å². The lowest BCUT2D eigenvalue weighted by Crippen LogP contribution is -2.45. The fraction of sp³-hybridized carbons (Fsp3) is 0.571. The van der Waals surface area contributed by atoms with Gasteiger partial charge in [-0.05, 0) is 70.9 Å². The lowest BCUT2D eigenvalue weighted by Gasteiger charge is -2.28. The maximum absolute atomic E-state index is 12.7. The Bertz CT molecular complexity index is 1070. The Hall–Kier alpha value is -2.94. The van der Waals surface area contributed by atoms with Crippen LogP contribution in [-0.4, -0.2) is 33.5 Å². The highest BCUT2D eigenvalue weighted by Gasteiger charge is 2.32. The van der Waals surface area contributed by atoms with E-state index < -0.39 is 0 Å². The van der Waals surface area contributed by atoms with Gasteiger partial charge >= 0.3 is 6.03 Å². The van der Waals surface area contributed by atoms with Gasteiger partial charge in [0, 0.05) is 11.6 Å². The summed E-state index contributed by atoms with van der Waals surface area (Å²) in [4.78, 5) is 23.2. The number of nitrogens with two attached hydrogens (primary N) is 1. The first-order valence-electron chi connectivity index (χ1n) is 13.0. The molecule has 8 nitrogen and oxygen atoms in total. The predicted molar refractivity (Wildman–Crippen MR) is 155 cm³/mol. The van der Waals surface area contributed by atoms with Crippen molar-refractivity contribution < 1.29 is 9.53 Å². The Morgan fingerprint density at radius 3 is 2.47 bits per heavy atom. The normalized spacial score (nSPS) is 15.4. The Kier molecular flexibility index (Phi) is 14.0. The van der Waals surface area contributed by atoms with Crippen LogP contribution in [0.15, 0.2) is 16.3 Å². The molecule has 3 N–H and O–H groups in total. The Morgan fingerprint density at radius 1 is 1.26 bits per heavy atom. The van der Waals surface area contributed by atoms with E-state index in [9.17, 15) is 4.79 Å². The molecule has 2 aliphatic rings. The largest absolute Gasteiger partial charge is 0.482 e. The summed E-state index contributed by atoms with van der Waals surface area (Å²) in [5.74, 6) is 0.0799. The van der Waals surface area contributed by atoms with E-state index >= 15 is 0 Å². The van der Waals surface area contributed by atoms with Gasteiger partial charge in [0.2, 0.25) is 5.95 Å². The van der Waals surface area contributed by atoms with Gasteiger partial charge in [0.15, 0.2) is 5.22 Å². The molecule has 1 aliphatic heterocycles. The molecule has 1 saturated carbocycles. The van der Waals surface area contributed by atoms with Crippen LogP contribution < -0.4 is 11.1 Å². The number of anilines is 1. The molecule has 0 spiro atoms. The summed E-state index contributed by atoms with van der Waals surface area (Å²) in [6.07, 6.45) is 15.2. The Labute approximate surface area is 237 Å².